The Morgan fingerprint density at radius 2 is 1.88 bits per heavy atom. The quantitative estimate of drug-likeness (QED) is 0.418. The van der Waals surface area contributed by atoms with E-state index in [2.05, 4.69) is 11.9 Å². The molecule has 168 valence electrons. The number of nitrogens with one attached hydrogen (secondary N) is 1. The molecule has 33 heavy (non-hydrogen) atoms. The number of rotatable bonds is 6. The van der Waals surface area contributed by atoms with Gasteiger partial charge in [-0.2, -0.15) is 5.26 Å². The van der Waals surface area contributed by atoms with Gasteiger partial charge in [-0.15, -0.1) is 0 Å². The molecular formula is C26H24FN3O3. The SMILES string of the molecule is C=C(C#N)C(=O)Nc1ccc(Oc2c(C)cc(F)cc2C)c(-c2cc(CC)c(=O)n(C)c2)c1. The molecule has 1 heterocycles. The summed E-state index contributed by atoms with van der Waals surface area (Å²) in [5, 5.41) is 11.6. The van der Waals surface area contributed by atoms with Crippen LogP contribution in [0.2, 0.25) is 0 Å². The van der Waals surface area contributed by atoms with Gasteiger partial charge < -0.3 is 14.6 Å². The molecule has 0 aliphatic rings. The number of benzene rings is 2. The van der Waals surface area contributed by atoms with Gasteiger partial charge in [-0.05, 0) is 67.8 Å². The molecular weight excluding hydrogens is 421 g/mol. The second-order valence-corrected chi connectivity index (χ2v) is 7.75. The van der Waals surface area contributed by atoms with Gasteiger partial charge in [0.15, 0.2) is 0 Å². The Labute approximate surface area is 191 Å². The molecule has 3 aromatic rings. The molecule has 0 saturated heterocycles. The summed E-state index contributed by atoms with van der Waals surface area (Å²) in [4.78, 5) is 24.5. The molecule has 2 aromatic carbocycles. The average Bonchev–Trinajstić information content (AvgIpc) is 2.77. The van der Waals surface area contributed by atoms with Gasteiger partial charge in [-0.25, -0.2) is 4.39 Å². The zero-order chi connectivity index (χ0) is 24.3. The fourth-order valence-corrected chi connectivity index (χ4v) is 3.53. The number of pyridine rings is 1. The Balaban J connectivity index is 2.17. The summed E-state index contributed by atoms with van der Waals surface area (Å²) in [5.41, 5.74) is 3.33. The van der Waals surface area contributed by atoms with Crippen molar-refractivity contribution in [3.05, 3.63) is 87.6 Å². The van der Waals surface area contributed by atoms with Crippen LogP contribution >= 0.6 is 0 Å². The van der Waals surface area contributed by atoms with E-state index in [1.807, 2.05) is 6.92 Å². The number of aromatic nitrogens is 1. The van der Waals surface area contributed by atoms with Gasteiger partial charge in [0.05, 0.1) is 0 Å². The standard InChI is InChI=1S/C26H24FN3O3/c1-6-18-11-19(14-30(5)26(18)32)22-12-21(29-25(31)17(4)13-28)7-8-23(22)33-24-15(2)9-20(27)10-16(24)3/h7-12,14H,4,6H2,1-3,5H3,(H,29,31). The molecule has 0 bridgehead atoms. The van der Waals surface area contributed by atoms with Crippen LogP contribution in [0.5, 0.6) is 11.5 Å². The molecule has 0 unspecified atom stereocenters. The third-order valence-corrected chi connectivity index (χ3v) is 5.23. The molecule has 0 fully saturated rings. The summed E-state index contributed by atoms with van der Waals surface area (Å²) in [6.45, 7) is 8.84. The Bertz CT molecular complexity index is 1340. The number of anilines is 1. The highest BCUT2D eigenvalue weighted by atomic mass is 19.1. The topological polar surface area (TPSA) is 84.1 Å². The van der Waals surface area contributed by atoms with Crippen LogP contribution in [0.1, 0.15) is 23.6 Å². The lowest BCUT2D eigenvalue weighted by atomic mass is 10.0. The van der Waals surface area contributed by atoms with E-state index >= 15 is 0 Å². The molecule has 1 N–H and O–H groups in total. The number of hydrogen-bond acceptors (Lipinski definition) is 4. The Hall–Kier alpha value is -4.18. The van der Waals surface area contributed by atoms with Gasteiger partial charge in [-0.1, -0.05) is 13.5 Å². The number of carbonyl (C=O) groups excluding carboxylic acids is 1. The molecule has 0 radical (unpaired) electrons. The van der Waals surface area contributed by atoms with Gasteiger partial charge in [0, 0.05) is 35.6 Å². The first-order valence-electron chi connectivity index (χ1n) is 10.3. The van der Waals surface area contributed by atoms with E-state index in [1.54, 1.807) is 57.4 Å². The van der Waals surface area contributed by atoms with E-state index in [4.69, 9.17) is 10.00 Å². The van der Waals surface area contributed by atoms with E-state index in [0.29, 0.717) is 51.4 Å². The number of nitrogens with zero attached hydrogens (tertiary/aromatic N) is 2. The van der Waals surface area contributed by atoms with Crippen LogP contribution in [0.4, 0.5) is 10.1 Å². The summed E-state index contributed by atoms with van der Waals surface area (Å²) in [5.74, 6) is 0.0227. The highest BCUT2D eigenvalue weighted by molar-refractivity contribution is 6.06. The predicted octanol–water partition coefficient (Wildman–Crippen LogP) is 5.18. The van der Waals surface area contributed by atoms with E-state index in [-0.39, 0.29) is 16.9 Å². The Kier molecular flexibility index (Phi) is 6.78. The number of carbonyl (C=O) groups is 1. The first kappa shape index (κ1) is 23.5. The minimum Gasteiger partial charge on any atom is -0.456 e. The van der Waals surface area contributed by atoms with Crippen molar-refractivity contribution >= 4 is 11.6 Å². The van der Waals surface area contributed by atoms with E-state index in [0.717, 1.165) is 0 Å². The maximum Gasteiger partial charge on any atom is 0.265 e. The number of halogens is 1. The molecule has 1 aromatic heterocycles. The van der Waals surface area contributed by atoms with Crippen molar-refractivity contribution in [2.45, 2.75) is 27.2 Å². The van der Waals surface area contributed by atoms with Gasteiger partial charge in [0.25, 0.3) is 11.5 Å². The van der Waals surface area contributed by atoms with Crippen molar-refractivity contribution in [2.24, 2.45) is 7.05 Å². The second-order valence-electron chi connectivity index (χ2n) is 7.75. The minimum atomic E-state index is -0.614. The van der Waals surface area contributed by atoms with Gasteiger partial charge >= 0.3 is 0 Å². The van der Waals surface area contributed by atoms with Crippen LogP contribution in [-0.4, -0.2) is 10.5 Å². The van der Waals surface area contributed by atoms with Crippen LogP contribution in [0, 0.1) is 31.0 Å². The second kappa shape index (κ2) is 9.53. The highest BCUT2D eigenvalue weighted by Crippen LogP contribution is 2.38. The van der Waals surface area contributed by atoms with E-state index < -0.39 is 5.91 Å². The van der Waals surface area contributed by atoms with Crippen LogP contribution in [0.3, 0.4) is 0 Å². The fourth-order valence-electron chi connectivity index (χ4n) is 3.53. The Morgan fingerprint density at radius 3 is 2.48 bits per heavy atom. The third-order valence-electron chi connectivity index (χ3n) is 5.23. The lowest BCUT2D eigenvalue weighted by Gasteiger charge is -2.17. The maximum absolute atomic E-state index is 13.8. The molecule has 0 atom stereocenters. The molecule has 0 aliphatic carbocycles. The van der Waals surface area contributed by atoms with E-state index in [1.165, 1.54) is 16.7 Å². The number of ether oxygens (including phenoxy) is 1. The first-order valence-corrected chi connectivity index (χ1v) is 10.3. The monoisotopic (exact) mass is 445 g/mol. The van der Waals surface area contributed by atoms with Crippen molar-refractivity contribution in [3.8, 4) is 28.7 Å². The number of hydrogen-bond donors (Lipinski definition) is 1. The predicted molar refractivity (Wildman–Crippen MR) is 126 cm³/mol. The Morgan fingerprint density at radius 1 is 1.21 bits per heavy atom. The minimum absolute atomic E-state index is 0.0938. The summed E-state index contributed by atoms with van der Waals surface area (Å²) < 4.78 is 21.5. The van der Waals surface area contributed by atoms with Gasteiger partial charge in [0.2, 0.25) is 0 Å². The summed E-state index contributed by atoms with van der Waals surface area (Å²) in [7, 11) is 1.67. The van der Waals surface area contributed by atoms with Crippen molar-refractivity contribution in [3.63, 3.8) is 0 Å². The summed E-state index contributed by atoms with van der Waals surface area (Å²) in [6.07, 6.45) is 2.24. The zero-order valence-corrected chi connectivity index (χ0v) is 19.0. The van der Waals surface area contributed by atoms with Crippen LogP contribution in [-0.2, 0) is 18.3 Å². The van der Waals surface area contributed by atoms with Crippen LogP contribution in [0.25, 0.3) is 11.1 Å². The molecule has 0 saturated carbocycles. The highest BCUT2D eigenvalue weighted by Gasteiger charge is 2.16. The van der Waals surface area contributed by atoms with Crippen LogP contribution < -0.4 is 15.6 Å². The third kappa shape index (κ3) is 5.01. The molecule has 0 aliphatic heterocycles. The summed E-state index contributed by atoms with van der Waals surface area (Å²) in [6, 6.07) is 11.3. The van der Waals surface area contributed by atoms with Crippen molar-refractivity contribution < 1.29 is 13.9 Å². The number of nitriles is 1. The summed E-state index contributed by atoms with van der Waals surface area (Å²) >= 11 is 0. The molecule has 0 spiro atoms. The van der Waals surface area contributed by atoms with Crippen LogP contribution in [0.15, 0.2) is 59.5 Å². The average molecular weight is 445 g/mol. The number of aryl methyl sites for hydroxylation is 4. The lowest BCUT2D eigenvalue weighted by molar-refractivity contribution is -0.112. The first-order chi connectivity index (χ1) is 15.6. The fraction of sp³-hybridized carbons (Fsp3) is 0.192. The normalized spacial score (nSPS) is 10.4. The van der Waals surface area contributed by atoms with Gasteiger partial charge in [-0.3, -0.25) is 9.59 Å². The van der Waals surface area contributed by atoms with Gasteiger partial charge in [0.1, 0.15) is 29.0 Å². The molecule has 1 amide bonds. The molecule has 7 heteroatoms. The van der Waals surface area contributed by atoms with Crippen molar-refractivity contribution in [1.29, 1.82) is 5.26 Å². The zero-order valence-electron chi connectivity index (χ0n) is 19.0. The lowest BCUT2D eigenvalue weighted by Crippen LogP contribution is -2.20. The molecule has 6 nitrogen and oxygen atoms in total. The number of amides is 1. The van der Waals surface area contributed by atoms with Crippen molar-refractivity contribution in [2.75, 3.05) is 5.32 Å². The smallest absolute Gasteiger partial charge is 0.265 e. The van der Waals surface area contributed by atoms with E-state index in [9.17, 15) is 14.0 Å². The van der Waals surface area contributed by atoms with Crippen molar-refractivity contribution in [1.82, 2.24) is 4.57 Å². The maximum atomic E-state index is 13.8. The largest absolute Gasteiger partial charge is 0.456 e. The molecule has 3 rings (SSSR count).